The van der Waals surface area contributed by atoms with Crippen LogP contribution in [-0.2, 0) is 0 Å². The van der Waals surface area contributed by atoms with E-state index in [0.717, 1.165) is 43.4 Å². The van der Waals surface area contributed by atoms with Crippen LogP contribution in [0, 0.1) is 41.7 Å². The first-order chi connectivity index (χ1) is 12.6. The van der Waals surface area contributed by atoms with Crippen molar-refractivity contribution in [2.75, 3.05) is 6.61 Å². The quantitative estimate of drug-likeness (QED) is 0.432. The van der Waals surface area contributed by atoms with Crippen molar-refractivity contribution >= 4 is 0 Å². The van der Waals surface area contributed by atoms with Crippen LogP contribution in [-0.4, -0.2) is 6.61 Å². The van der Waals surface area contributed by atoms with E-state index in [4.69, 9.17) is 11.2 Å². The van der Waals surface area contributed by atoms with Crippen LogP contribution in [0.1, 0.15) is 76.2 Å². The van der Waals surface area contributed by atoms with Crippen LogP contribution in [0.4, 0.5) is 8.78 Å². The largest absolute Gasteiger partial charge is 0.489 e. The molecule has 0 atom stereocenters. The van der Waals surface area contributed by atoms with Crippen LogP contribution >= 0.6 is 0 Å². The molecule has 0 spiro atoms. The second-order valence-corrected chi connectivity index (χ2v) is 8.22. The van der Waals surface area contributed by atoms with Crippen molar-refractivity contribution in [3.8, 4) is 18.1 Å². The van der Waals surface area contributed by atoms with Crippen molar-refractivity contribution < 1.29 is 13.5 Å². The first-order valence-corrected chi connectivity index (χ1v) is 10.1. The fourth-order valence-electron chi connectivity index (χ4n) is 4.85. The molecule has 1 aromatic rings. The Bertz CT molecular complexity index is 632. The van der Waals surface area contributed by atoms with Crippen LogP contribution in [0.5, 0.6) is 5.75 Å². The molecule has 2 fully saturated rings. The first-order valence-electron chi connectivity index (χ1n) is 10.1. The Kier molecular flexibility index (Phi) is 6.57. The van der Waals surface area contributed by atoms with Gasteiger partial charge in [-0.05, 0) is 73.8 Å². The van der Waals surface area contributed by atoms with Gasteiger partial charge in [0, 0.05) is 6.42 Å². The molecule has 0 amide bonds. The summed E-state index contributed by atoms with van der Waals surface area (Å²) < 4.78 is 34.1. The third kappa shape index (κ3) is 4.40. The van der Waals surface area contributed by atoms with Crippen molar-refractivity contribution in [3.05, 3.63) is 29.3 Å². The molecule has 2 aliphatic carbocycles. The summed E-state index contributed by atoms with van der Waals surface area (Å²) in [6, 6.07) is 3.26. The lowest BCUT2D eigenvalue weighted by Crippen LogP contribution is -2.25. The molecule has 0 N–H and O–H groups in total. The molecule has 142 valence electrons. The maximum Gasteiger partial charge on any atom is 0.200 e. The van der Waals surface area contributed by atoms with Crippen LogP contribution in [0.15, 0.2) is 12.1 Å². The van der Waals surface area contributed by atoms with Gasteiger partial charge in [-0.25, -0.2) is 4.39 Å². The standard InChI is InChI=1S/C23H30F2O/c1-3-4-15-26-21-14-13-20(22(24)23(21)25)19-11-9-18(10-12-19)17-7-5-16(2)6-8-17/h1,13-14,16-19H,4-12,15H2,2H3. The zero-order valence-electron chi connectivity index (χ0n) is 15.8. The summed E-state index contributed by atoms with van der Waals surface area (Å²) in [5, 5.41) is 0. The lowest BCUT2D eigenvalue weighted by atomic mass is 9.68. The van der Waals surface area contributed by atoms with Crippen LogP contribution in [0.25, 0.3) is 0 Å². The summed E-state index contributed by atoms with van der Waals surface area (Å²) in [7, 11) is 0. The molecule has 0 aromatic heterocycles. The van der Waals surface area contributed by atoms with E-state index in [2.05, 4.69) is 12.8 Å². The van der Waals surface area contributed by atoms with Gasteiger partial charge in [0.05, 0.1) is 6.61 Å². The van der Waals surface area contributed by atoms with E-state index in [1.54, 1.807) is 12.1 Å². The summed E-state index contributed by atoms with van der Waals surface area (Å²) in [5.74, 6) is 3.41. The summed E-state index contributed by atoms with van der Waals surface area (Å²) in [6.45, 7) is 2.56. The van der Waals surface area contributed by atoms with E-state index in [9.17, 15) is 8.78 Å². The number of ether oxygens (including phenoxy) is 1. The van der Waals surface area contributed by atoms with Crippen LogP contribution in [0.3, 0.4) is 0 Å². The lowest BCUT2D eigenvalue weighted by Gasteiger charge is -2.37. The Morgan fingerprint density at radius 1 is 0.962 bits per heavy atom. The third-order valence-electron chi connectivity index (χ3n) is 6.52. The predicted octanol–water partition coefficient (Wildman–Crippen LogP) is 6.47. The first kappa shape index (κ1) is 19.2. The highest BCUT2D eigenvalue weighted by molar-refractivity contribution is 5.33. The fraction of sp³-hybridized carbons (Fsp3) is 0.652. The zero-order valence-corrected chi connectivity index (χ0v) is 15.8. The highest BCUT2D eigenvalue weighted by atomic mass is 19.2. The third-order valence-corrected chi connectivity index (χ3v) is 6.52. The van der Waals surface area contributed by atoms with E-state index in [0.29, 0.717) is 12.0 Å². The molecule has 0 unspecified atom stereocenters. The second-order valence-electron chi connectivity index (χ2n) is 8.22. The fourth-order valence-corrected chi connectivity index (χ4v) is 4.85. The Balaban J connectivity index is 1.59. The summed E-state index contributed by atoms with van der Waals surface area (Å²) in [6.07, 6.45) is 15.2. The molecule has 0 radical (unpaired) electrons. The molecular formula is C23H30F2O. The number of hydrogen-bond acceptors (Lipinski definition) is 1. The Hall–Kier alpha value is -1.56. The van der Waals surface area contributed by atoms with Gasteiger partial charge in [-0.3, -0.25) is 0 Å². The molecule has 0 aliphatic heterocycles. The molecule has 3 rings (SSSR count). The van der Waals surface area contributed by atoms with Crippen molar-refractivity contribution in [1.82, 2.24) is 0 Å². The van der Waals surface area contributed by atoms with Crippen LogP contribution in [0.2, 0.25) is 0 Å². The Morgan fingerprint density at radius 3 is 2.19 bits per heavy atom. The number of hydrogen-bond donors (Lipinski definition) is 0. The minimum Gasteiger partial charge on any atom is -0.489 e. The van der Waals surface area contributed by atoms with E-state index in [-0.39, 0.29) is 18.3 Å². The summed E-state index contributed by atoms with van der Waals surface area (Å²) in [4.78, 5) is 0. The number of halogens is 2. The molecule has 1 aromatic carbocycles. The second kappa shape index (κ2) is 8.89. The van der Waals surface area contributed by atoms with E-state index >= 15 is 0 Å². The van der Waals surface area contributed by atoms with Gasteiger partial charge in [-0.15, -0.1) is 12.3 Å². The minimum absolute atomic E-state index is 0.0356. The van der Waals surface area contributed by atoms with Crippen molar-refractivity contribution in [2.24, 2.45) is 17.8 Å². The Labute approximate surface area is 156 Å². The maximum absolute atomic E-state index is 14.6. The highest BCUT2D eigenvalue weighted by Gasteiger charge is 2.32. The normalized spacial score (nSPS) is 29.2. The summed E-state index contributed by atoms with van der Waals surface area (Å²) >= 11 is 0. The topological polar surface area (TPSA) is 9.23 Å². The molecular weight excluding hydrogens is 330 g/mol. The van der Waals surface area contributed by atoms with Gasteiger partial charge < -0.3 is 4.74 Å². The Morgan fingerprint density at radius 2 is 1.58 bits per heavy atom. The van der Waals surface area contributed by atoms with Gasteiger partial charge in [0.15, 0.2) is 11.6 Å². The number of rotatable bonds is 5. The maximum atomic E-state index is 14.6. The smallest absolute Gasteiger partial charge is 0.200 e. The van der Waals surface area contributed by atoms with Crippen molar-refractivity contribution in [1.29, 1.82) is 0 Å². The average molecular weight is 360 g/mol. The molecule has 0 heterocycles. The van der Waals surface area contributed by atoms with Gasteiger partial charge in [-0.2, -0.15) is 4.39 Å². The molecule has 2 aliphatic rings. The van der Waals surface area contributed by atoms with E-state index < -0.39 is 11.6 Å². The molecule has 1 nitrogen and oxygen atoms in total. The van der Waals surface area contributed by atoms with Gasteiger partial charge in [0.2, 0.25) is 5.82 Å². The van der Waals surface area contributed by atoms with Crippen molar-refractivity contribution in [2.45, 2.75) is 70.6 Å². The zero-order chi connectivity index (χ0) is 18.5. The molecule has 2 saturated carbocycles. The van der Waals surface area contributed by atoms with Gasteiger partial charge in [-0.1, -0.05) is 25.8 Å². The van der Waals surface area contributed by atoms with E-state index in [1.165, 1.54) is 25.7 Å². The van der Waals surface area contributed by atoms with Gasteiger partial charge >= 0.3 is 0 Å². The van der Waals surface area contributed by atoms with Crippen LogP contribution < -0.4 is 4.74 Å². The van der Waals surface area contributed by atoms with Crippen molar-refractivity contribution in [3.63, 3.8) is 0 Å². The molecule has 0 saturated heterocycles. The average Bonchev–Trinajstić information content (AvgIpc) is 2.66. The van der Waals surface area contributed by atoms with E-state index in [1.807, 2.05) is 0 Å². The molecule has 3 heteroatoms. The molecule has 26 heavy (non-hydrogen) atoms. The number of benzene rings is 1. The monoisotopic (exact) mass is 360 g/mol. The van der Waals surface area contributed by atoms with Gasteiger partial charge in [0.1, 0.15) is 0 Å². The molecule has 0 bridgehead atoms. The lowest BCUT2D eigenvalue weighted by molar-refractivity contribution is 0.164. The highest BCUT2D eigenvalue weighted by Crippen LogP contribution is 2.44. The SMILES string of the molecule is C#CCCOc1ccc(C2CCC(C3CCC(C)CC3)CC2)c(F)c1F. The van der Waals surface area contributed by atoms with Gasteiger partial charge in [0.25, 0.3) is 0 Å². The summed E-state index contributed by atoms with van der Waals surface area (Å²) in [5.41, 5.74) is 0.516. The number of terminal acetylenes is 1. The minimum atomic E-state index is -0.872. The predicted molar refractivity (Wildman–Crippen MR) is 101 cm³/mol.